The van der Waals surface area contributed by atoms with Gasteiger partial charge >= 0.3 is 0 Å². The van der Waals surface area contributed by atoms with E-state index in [4.69, 9.17) is 0 Å². The zero-order valence-electron chi connectivity index (χ0n) is 8.14. The molecule has 5 heteroatoms. The molecule has 1 aromatic carbocycles. The Bertz CT molecular complexity index is 344. The largest absolute Gasteiger partial charge is 0.388 e. The van der Waals surface area contributed by atoms with E-state index in [0.717, 1.165) is 12.1 Å². The zero-order valence-corrected chi connectivity index (χ0v) is 8.95. The molecule has 0 saturated carbocycles. The van der Waals surface area contributed by atoms with Crippen LogP contribution in [0.1, 0.15) is 18.1 Å². The molecule has 0 aliphatic rings. The van der Waals surface area contributed by atoms with Gasteiger partial charge in [-0.1, -0.05) is 6.07 Å². The summed E-state index contributed by atoms with van der Waals surface area (Å²) < 4.78 is 38.5. The fourth-order valence-corrected chi connectivity index (χ4v) is 1.64. The average Bonchev–Trinajstić information content (AvgIpc) is 2.23. The van der Waals surface area contributed by atoms with E-state index >= 15 is 0 Å². The van der Waals surface area contributed by atoms with Crippen molar-refractivity contribution in [1.82, 2.24) is 0 Å². The Labute approximate surface area is 90.3 Å². The molecule has 0 spiro atoms. The first kappa shape index (κ1) is 12.4. The van der Waals surface area contributed by atoms with Gasteiger partial charge in [-0.05, 0) is 24.5 Å². The van der Waals surface area contributed by atoms with Gasteiger partial charge in [0, 0.05) is 5.56 Å². The third-order valence-corrected chi connectivity index (χ3v) is 2.66. The lowest BCUT2D eigenvalue weighted by molar-refractivity contribution is 0.168. The van der Waals surface area contributed by atoms with Crippen molar-refractivity contribution in [3.63, 3.8) is 0 Å². The SMILES string of the molecule is CSCCC(O)c1ccc(F)c(F)c1F. The van der Waals surface area contributed by atoms with Crippen molar-refractivity contribution in [1.29, 1.82) is 0 Å². The first-order valence-electron chi connectivity index (χ1n) is 4.38. The first-order chi connectivity index (χ1) is 7.07. The van der Waals surface area contributed by atoms with Crippen molar-refractivity contribution in [2.24, 2.45) is 0 Å². The van der Waals surface area contributed by atoms with E-state index in [1.54, 1.807) is 0 Å². The quantitative estimate of drug-likeness (QED) is 0.811. The predicted molar refractivity (Wildman–Crippen MR) is 54.3 cm³/mol. The minimum Gasteiger partial charge on any atom is -0.388 e. The highest BCUT2D eigenvalue weighted by Gasteiger charge is 2.18. The second kappa shape index (κ2) is 5.42. The van der Waals surface area contributed by atoms with Gasteiger partial charge in [0.15, 0.2) is 17.5 Å². The maximum atomic E-state index is 13.2. The third kappa shape index (κ3) is 2.89. The normalized spacial score (nSPS) is 12.9. The van der Waals surface area contributed by atoms with Crippen LogP contribution < -0.4 is 0 Å². The van der Waals surface area contributed by atoms with E-state index in [0.29, 0.717) is 12.2 Å². The van der Waals surface area contributed by atoms with Crippen molar-refractivity contribution in [2.45, 2.75) is 12.5 Å². The lowest BCUT2D eigenvalue weighted by Gasteiger charge is -2.11. The molecule has 0 bridgehead atoms. The highest BCUT2D eigenvalue weighted by Crippen LogP contribution is 2.24. The van der Waals surface area contributed by atoms with Gasteiger partial charge in [0.05, 0.1) is 6.10 Å². The molecule has 0 heterocycles. The molecule has 84 valence electrons. The Kier molecular flexibility index (Phi) is 4.47. The summed E-state index contributed by atoms with van der Waals surface area (Å²) in [5, 5.41) is 9.51. The number of hydrogen-bond acceptors (Lipinski definition) is 2. The van der Waals surface area contributed by atoms with E-state index in [9.17, 15) is 18.3 Å². The van der Waals surface area contributed by atoms with Crippen LogP contribution in [0.4, 0.5) is 13.2 Å². The molecule has 0 amide bonds. The lowest BCUT2D eigenvalue weighted by Crippen LogP contribution is -2.05. The number of benzene rings is 1. The first-order valence-corrected chi connectivity index (χ1v) is 5.77. The Morgan fingerprint density at radius 1 is 1.27 bits per heavy atom. The molecule has 15 heavy (non-hydrogen) atoms. The number of halogens is 3. The zero-order chi connectivity index (χ0) is 11.4. The van der Waals surface area contributed by atoms with E-state index in [2.05, 4.69) is 0 Å². The predicted octanol–water partition coefficient (Wildman–Crippen LogP) is 2.89. The molecule has 1 rings (SSSR count). The van der Waals surface area contributed by atoms with Gasteiger partial charge in [-0.3, -0.25) is 0 Å². The maximum Gasteiger partial charge on any atom is 0.194 e. The van der Waals surface area contributed by atoms with Gasteiger partial charge in [0.2, 0.25) is 0 Å². The van der Waals surface area contributed by atoms with E-state index in [1.807, 2.05) is 6.26 Å². The molecule has 0 aliphatic heterocycles. The number of hydrogen-bond donors (Lipinski definition) is 1. The maximum absolute atomic E-state index is 13.2. The molecule has 1 nitrogen and oxygen atoms in total. The highest BCUT2D eigenvalue weighted by atomic mass is 32.2. The summed E-state index contributed by atoms with van der Waals surface area (Å²) >= 11 is 1.49. The lowest BCUT2D eigenvalue weighted by atomic mass is 10.1. The summed E-state index contributed by atoms with van der Waals surface area (Å²) in [5.74, 6) is -3.45. The monoisotopic (exact) mass is 236 g/mol. The molecule has 0 radical (unpaired) electrons. The highest BCUT2D eigenvalue weighted by molar-refractivity contribution is 7.98. The summed E-state index contributed by atoms with van der Waals surface area (Å²) in [6, 6.07) is 1.88. The Hall–Kier alpha value is -0.680. The van der Waals surface area contributed by atoms with Crippen LogP contribution in [0.5, 0.6) is 0 Å². The van der Waals surface area contributed by atoms with Crippen LogP contribution >= 0.6 is 11.8 Å². The minimum absolute atomic E-state index is 0.192. The van der Waals surface area contributed by atoms with Crippen LogP contribution in [0.25, 0.3) is 0 Å². The Morgan fingerprint density at radius 2 is 1.93 bits per heavy atom. The van der Waals surface area contributed by atoms with E-state index in [1.165, 1.54) is 11.8 Å². The molecule has 0 saturated heterocycles. The standard InChI is InChI=1S/C10H11F3OS/c1-15-5-4-8(14)6-2-3-7(11)10(13)9(6)12/h2-3,8,14H,4-5H2,1H3. The molecule has 1 N–H and O–H groups in total. The van der Waals surface area contributed by atoms with Crippen molar-refractivity contribution in [3.05, 3.63) is 35.1 Å². The summed E-state index contributed by atoms with van der Waals surface area (Å²) in [4.78, 5) is 0. The fraction of sp³-hybridized carbons (Fsp3) is 0.400. The molecule has 1 aromatic rings. The summed E-state index contributed by atoms with van der Waals surface area (Å²) in [5.41, 5.74) is -0.192. The number of aliphatic hydroxyl groups is 1. The van der Waals surface area contributed by atoms with Crippen molar-refractivity contribution in [3.8, 4) is 0 Å². The number of thioether (sulfide) groups is 1. The van der Waals surface area contributed by atoms with Gasteiger partial charge in [-0.15, -0.1) is 0 Å². The molecule has 1 atom stereocenters. The minimum atomic E-state index is -1.53. The van der Waals surface area contributed by atoms with Crippen molar-refractivity contribution >= 4 is 11.8 Å². The molecule has 0 aromatic heterocycles. The molecule has 1 unspecified atom stereocenters. The summed E-state index contributed by atoms with van der Waals surface area (Å²) in [7, 11) is 0. The van der Waals surface area contributed by atoms with Crippen molar-refractivity contribution in [2.75, 3.05) is 12.0 Å². The second-order valence-electron chi connectivity index (χ2n) is 3.06. The van der Waals surface area contributed by atoms with E-state index in [-0.39, 0.29) is 5.56 Å². The third-order valence-electron chi connectivity index (χ3n) is 2.02. The number of aliphatic hydroxyl groups excluding tert-OH is 1. The topological polar surface area (TPSA) is 20.2 Å². The van der Waals surface area contributed by atoms with Gasteiger partial charge < -0.3 is 5.11 Å². The summed E-state index contributed by atoms with van der Waals surface area (Å²) in [6.45, 7) is 0. The molecular weight excluding hydrogens is 225 g/mol. The van der Waals surface area contributed by atoms with Gasteiger partial charge in [0.25, 0.3) is 0 Å². The fourth-order valence-electron chi connectivity index (χ4n) is 1.18. The van der Waals surface area contributed by atoms with E-state index < -0.39 is 23.6 Å². The van der Waals surface area contributed by atoms with Gasteiger partial charge in [-0.2, -0.15) is 11.8 Å². The smallest absolute Gasteiger partial charge is 0.194 e. The summed E-state index contributed by atoms with van der Waals surface area (Å²) in [6.07, 6.45) is 1.06. The van der Waals surface area contributed by atoms with Gasteiger partial charge in [0.1, 0.15) is 0 Å². The van der Waals surface area contributed by atoms with Crippen LogP contribution in [0.3, 0.4) is 0 Å². The molecular formula is C10H11F3OS. The van der Waals surface area contributed by atoms with Crippen LogP contribution in [0.15, 0.2) is 12.1 Å². The molecule has 0 aliphatic carbocycles. The number of rotatable bonds is 4. The Balaban J connectivity index is 2.90. The van der Waals surface area contributed by atoms with Crippen LogP contribution in [-0.2, 0) is 0 Å². The van der Waals surface area contributed by atoms with Crippen LogP contribution in [-0.4, -0.2) is 17.1 Å². The van der Waals surface area contributed by atoms with Gasteiger partial charge in [-0.25, -0.2) is 13.2 Å². The van der Waals surface area contributed by atoms with Crippen molar-refractivity contribution < 1.29 is 18.3 Å². The molecule has 0 fully saturated rings. The van der Waals surface area contributed by atoms with Crippen LogP contribution in [0.2, 0.25) is 0 Å². The second-order valence-corrected chi connectivity index (χ2v) is 4.05. The average molecular weight is 236 g/mol. The van der Waals surface area contributed by atoms with Crippen LogP contribution in [0, 0.1) is 17.5 Å². The Morgan fingerprint density at radius 3 is 2.53 bits per heavy atom.